The highest BCUT2D eigenvalue weighted by molar-refractivity contribution is 8.02. The summed E-state index contributed by atoms with van der Waals surface area (Å²) in [6.07, 6.45) is 5.85. The molecule has 0 saturated carbocycles. The van der Waals surface area contributed by atoms with E-state index in [2.05, 4.69) is 24.5 Å². The first kappa shape index (κ1) is 25.3. The van der Waals surface area contributed by atoms with Crippen molar-refractivity contribution in [2.45, 2.75) is 94.7 Å². The van der Waals surface area contributed by atoms with Crippen molar-refractivity contribution in [3.8, 4) is 0 Å². The molecule has 3 rings (SSSR count). The Labute approximate surface area is 196 Å². The Hall–Kier alpha value is -1.28. The first-order valence-corrected chi connectivity index (χ1v) is 13.4. The second-order valence-electron chi connectivity index (χ2n) is 9.86. The maximum Gasteiger partial charge on any atom is 0.244 e. The van der Waals surface area contributed by atoms with Gasteiger partial charge in [-0.1, -0.05) is 27.2 Å². The Bertz CT molecular complexity index is 705. The third-order valence-electron chi connectivity index (χ3n) is 7.51. The number of hydrogen-bond acceptors (Lipinski definition) is 5. The molecule has 3 N–H and O–H groups in total. The minimum Gasteiger partial charge on any atom is -0.396 e. The van der Waals surface area contributed by atoms with Crippen molar-refractivity contribution in [2.24, 2.45) is 17.8 Å². The average molecular weight is 468 g/mol. The van der Waals surface area contributed by atoms with Crippen LogP contribution >= 0.6 is 11.8 Å². The number of hydrogen-bond donors (Lipinski definition) is 3. The van der Waals surface area contributed by atoms with Gasteiger partial charge in [-0.05, 0) is 51.4 Å². The summed E-state index contributed by atoms with van der Waals surface area (Å²) in [5.74, 6) is -0.734. The normalized spacial score (nSPS) is 34.0. The van der Waals surface area contributed by atoms with Gasteiger partial charge < -0.3 is 20.6 Å². The Balaban J connectivity index is 1.91. The van der Waals surface area contributed by atoms with E-state index in [0.717, 1.165) is 38.5 Å². The highest BCUT2D eigenvalue weighted by Gasteiger charge is 2.75. The highest BCUT2D eigenvalue weighted by atomic mass is 32.2. The summed E-state index contributed by atoms with van der Waals surface area (Å²) in [5, 5.41) is 15.4. The fourth-order valence-electron chi connectivity index (χ4n) is 6.12. The summed E-state index contributed by atoms with van der Waals surface area (Å²) in [5.41, 5.74) is 0. The summed E-state index contributed by atoms with van der Waals surface area (Å²) in [7, 11) is 0. The number of thioether (sulfide) groups is 1. The van der Waals surface area contributed by atoms with Crippen molar-refractivity contribution in [1.29, 1.82) is 0 Å². The summed E-state index contributed by atoms with van der Waals surface area (Å²) < 4.78 is -0.539. The molecule has 4 unspecified atom stereocenters. The van der Waals surface area contributed by atoms with E-state index in [4.69, 9.17) is 5.11 Å². The fraction of sp³-hybridized carbons (Fsp3) is 0.875. The smallest absolute Gasteiger partial charge is 0.244 e. The van der Waals surface area contributed by atoms with Gasteiger partial charge in [-0.3, -0.25) is 14.4 Å². The zero-order valence-corrected chi connectivity index (χ0v) is 20.9. The van der Waals surface area contributed by atoms with E-state index >= 15 is 0 Å². The molecule has 0 aromatic heterocycles. The molecule has 7 nitrogen and oxygen atoms in total. The van der Waals surface area contributed by atoms with Crippen LogP contribution in [0.1, 0.15) is 72.6 Å². The molecule has 32 heavy (non-hydrogen) atoms. The predicted octanol–water partition coefficient (Wildman–Crippen LogP) is 2.32. The van der Waals surface area contributed by atoms with Crippen LogP contribution in [0.25, 0.3) is 0 Å². The standard InChI is InChI=1S/C24H41N3O4S/c1-5-10-16(4)26-22(30)20-24-15(3)14-17(32-24)18(21(29)25-11-6-2)19(24)23(31)27(20)12-8-7-9-13-28/h15-20,28H,5-14H2,1-4H3,(H,25,29)(H,26,30)/t15?,16?,17-,18+,19-,20?,24?/m0/s1. The minimum atomic E-state index is -0.539. The number of fused-ring (bicyclic) bond motifs is 1. The molecule has 0 radical (unpaired) electrons. The molecule has 0 aliphatic carbocycles. The second-order valence-corrected chi connectivity index (χ2v) is 11.4. The molecular weight excluding hydrogens is 426 g/mol. The number of aliphatic hydroxyl groups is 1. The number of aliphatic hydroxyl groups excluding tert-OH is 1. The molecule has 3 aliphatic heterocycles. The van der Waals surface area contributed by atoms with E-state index in [-0.39, 0.29) is 47.5 Å². The van der Waals surface area contributed by atoms with Crippen LogP contribution in [0.4, 0.5) is 0 Å². The van der Waals surface area contributed by atoms with Crippen LogP contribution in [-0.4, -0.2) is 69.5 Å². The van der Waals surface area contributed by atoms with Gasteiger partial charge in [0, 0.05) is 31.0 Å². The quantitative estimate of drug-likeness (QED) is 0.383. The highest BCUT2D eigenvalue weighted by Crippen LogP contribution is 2.68. The lowest BCUT2D eigenvalue weighted by molar-refractivity contribution is -0.140. The largest absolute Gasteiger partial charge is 0.396 e. The lowest BCUT2D eigenvalue weighted by Crippen LogP contribution is -2.57. The van der Waals surface area contributed by atoms with Gasteiger partial charge in [0.25, 0.3) is 0 Å². The molecule has 3 amide bonds. The van der Waals surface area contributed by atoms with E-state index in [1.807, 2.05) is 13.8 Å². The monoisotopic (exact) mass is 467 g/mol. The number of carbonyl (C=O) groups excluding carboxylic acids is 3. The van der Waals surface area contributed by atoms with Crippen molar-refractivity contribution < 1.29 is 19.5 Å². The van der Waals surface area contributed by atoms with Gasteiger partial charge in [0.2, 0.25) is 17.7 Å². The summed E-state index contributed by atoms with van der Waals surface area (Å²) >= 11 is 1.73. The third kappa shape index (κ3) is 4.41. The lowest BCUT2D eigenvalue weighted by atomic mass is 9.66. The fourth-order valence-corrected chi connectivity index (χ4v) is 8.55. The number of rotatable bonds is 12. The molecule has 3 saturated heterocycles. The molecule has 182 valence electrons. The van der Waals surface area contributed by atoms with Crippen LogP contribution in [0.15, 0.2) is 0 Å². The molecule has 1 spiro atoms. The number of likely N-dealkylation sites (tertiary alicyclic amines) is 1. The molecule has 7 atom stereocenters. The molecule has 8 heteroatoms. The maximum atomic E-state index is 13.8. The minimum absolute atomic E-state index is 0.0304. The summed E-state index contributed by atoms with van der Waals surface area (Å²) in [4.78, 5) is 42.3. The summed E-state index contributed by atoms with van der Waals surface area (Å²) in [6.45, 7) is 9.53. The number of nitrogens with one attached hydrogen (secondary N) is 2. The van der Waals surface area contributed by atoms with Crippen LogP contribution in [0.2, 0.25) is 0 Å². The Morgan fingerprint density at radius 3 is 2.62 bits per heavy atom. The van der Waals surface area contributed by atoms with Gasteiger partial charge in [-0.15, -0.1) is 11.8 Å². The summed E-state index contributed by atoms with van der Waals surface area (Å²) in [6, 6.07) is -0.487. The van der Waals surface area contributed by atoms with Crippen molar-refractivity contribution >= 4 is 29.5 Å². The van der Waals surface area contributed by atoms with E-state index in [1.54, 1.807) is 16.7 Å². The van der Waals surface area contributed by atoms with Crippen molar-refractivity contribution in [3.05, 3.63) is 0 Å². The zero-order valence-electron chi connectivity index (χ0n) is 20.1. The van der Waals surface area contributed by atoms with E-state index in [9.17, 15) is 14.4 Å². The molecule has 3 fully saturated rings. The number of carbonyl (C=O) groups is 3. The van der Waals surface area contributed by atoms with E-state index in [0.29, 0.717) is 19.5 Å². The Kier molecular flexibility index (Phi) is 8.53. The van der Waals surface area contributed by atoms with Crippen LogP contribution in [-0.2, 0) is 14.4 Å². The topological polar surface area (TPSA) is 98.7 Å². The van der Waals surface area contributed by atoms with E-state index < -0.39 is 16.7 Å². The number of nitrogens with zero attached hydrogens (tertiary/aromatic N) is 1. The molecule has 0 aromatic carbocycles. The second kappa shape index (κ2) is 10.8. The first-order valence-electron chi connectivity index (χ1n) is 12.5. The van der Waals surface area contributed by atoms with Gasteiger partial charge in [-0.2, -0.15) is 0 Å². The maximum absolute atomic E-state index is 13.8. The van der Waals surface area contributed by atoms with Gasteiger partial charge in [0.05, 0.1) is 16.6 Å². The molecule has 0 aromatic rings. The van der Waals surface area contributed by atoms with E-state index in [1.165, 1.54) is 0 Å². The van der Waals surface area contributed by atoms with Crippen molar-refractivity contribution in [2.75, 3.05) is 19.7 Å². The predicted molar refractivity (Wildman–Crippen MR) is 127 cm³/mol. The van der Waals surface area contributed by atoms with Crippen molar-refractivity contribution in [1.82, 2.24) is 15.5 Å². The SMILES string of the molecule is CCCNC(=O)[C@@H]1[C@@H]2CC(C)C3(S2)C(C(=O)NC(C)CCC)N(CCCCCO)C(=O)[C@H]13. The molecular formula is C24H41N3O4S. The number of amides is 3. The lowest BCUT2D eigenvalue weighted by Gasteiger charge is -2.39. The molecule has 2 bridgehead atoms. The van der Waals surface area contributed by atoms with Crippen LogP contribution in [0.5, 0.6) is 0 Å². The third-order valence-corrected chi connectivity index (χ3v) is 9.59. The van der Waals surface area contributed by atoms with Gasteiger partial charge >= 0.3 is 0 Å². The van der Waals surface area contributed by atoms with Gasteiger partial charge in [0.15, 0.2) is 0 Å². The molecule has 3 heterocycles. The van der Waals surface area contributed by atoms with Crippen molar-refractivity contribution in [3.63, 3.8) is 0 Å². The van der Waals surface area contributed by atoms with Crippen LogP contribution in [0, 0.1) is 17.8 Å². The Morgan fingerprint density at radius 1 is 1.22 bits per heavy atom. The van der Waals surface area contributed by atoms with Crippen LogP contribution < -0.4 is 10.6 Å². The molecule has 3 aliphatic rings. The Morgan fingerprint density at radius 2 is 1.97 bits per heavy atom. The number of unbranched alkanes of at least 4 members (excludes halogenated alkanes) is 2. The zero-order chi connectivity index (χ0) is 23.5. The average Bonchev–Trinajstić information content (AvgIpc) is 3.33. The van der Waals surface area contributed by atoms with Gasteiger partial charge in [0.1, 0.15) is 6.04 Å². The van der Waals surface area contributed by atoms with Gasteiger partial charge in [-0.25, -0.2) is 0 Å². The first-order chi connectivity index (χ1) is 15.3. The van der Waals surface area contributed by atoms with Crippen LogP contribution in [0.3, 0.4) is 0 Å².